The number of amides is 3. The highest BCUT2D eigenvalue weighted by Crippen LogP contribution is 2.21. The van der Waals surface area contributed by atoms with Crippen LogP contribution >= 0.6 is 0 Å². The molecule has 0 aliphatic rings. The number of alkyl carbamates (subject to hydrolysis) is 1. The maximum atomic E-state index is 12.7. The van der Waals surface area contributed by atoms with E-state index in [0.29, 0.717) is 30.6 Å². The van der Waals surface area contributed by atoms with Gasteiger partial charge < -0.3 is 25.8 Å². The number of carbonyl (C=O) groups is 4. The second kappa shape index (κ2) is 14.5. The van der Waals surface area contributed by atoms with Gasteiger partial charge in [0.2, 0.25) is 5.91 Å². The minimum atomic E-state index is -0.891. The van der Waals surface area contributed by atoms with E-state index in [0.717, 1.165) is 0 Å². The van der Waals surface area contributed by atoms with E-state index in [1.54, 1.807) is 32.9 Å². The van der Waals surface area contributed by atoms with Crippen LogP contribution in [0.5, 0.6) is 5.75 Å². The number of nitrogens with one attached hydrogen (secondary N) is 2. The minimum absolute atomic E-state index is 0.191. The normalized spacial score (nSPS) is 11.5. The van der Waals surface area contributed by atoms with Gasteiger partial charge in [0.05, 0.1) is 12.2 Å². The molecule has 0 spiro atoms. The van der Waals surface area contributed by atoms with Crippen LogP contribution in [-0.2, 0) is 9.53 Å². The van der Waals surface area contributed by atoms with Gasteiger partial charge in [0.1, 0.15) is 17.4 Å². The summed E-state index contributed by atoms with van der Waals surface area (Å²) in [5.74, 6) is -0.979. The third kappa shape index (κ3) is 11.8. The Hall–Kier alpha value is -3.79. The molecule has 0 aromatic heterocycles. The van der Waals surface area contributed by atoms with Crippen LogP contribution in [0.15, 0.2) is 23.3 Å². The Labute approximate surface area is 204 Å². The molecule has 0 saturated carbocycles. The van der Waals surface area contributed by atoms with Gasteiger partial charge in [0.25, 0.3) is 5.91 Å². The highest BCUT2D eigenvalue weighted by atomic mass is 16.6. The van der Waals surface area contributed by atoms with Crippen molar-refractivity contribution in [3.63, 3.8) is 0 Å². The SMILES string of the molecule is CC(=O)c1ccc(OCCCN=[N+]=[N-])c(C(=O)NCCCC[C@H](NC(=O)OC(C)(C)C)C(N)=O)c1. The number of nitrogens with two attached hydrogens (primary N) is 1. The predicted octanol–water partition coefficient (Wildman–Crippen LogP) is 3.25. The molecule has 0 bridgehead atoms. The average Bonchev–Trinajstić information content (AvgIpc) is 2.76. The Bertz CT molecular complexity index is 952. The molecule has 1 rings (SSSR count). The van der Waals surface area contributed by atoms with Crippen molar-refractivity contribution in [1.82, 2.24) is 10.6 Å². The Kier molecular flexibility index (Phi) is 12.1. The zero-order valence-electron chi connectivity index (χ0n) is 20.6. The van der Waals surface area contributed by atoms with Crippen LogP contribution in [0.2, 0.25) is 0 Å². The lowest BCUT2D eigenvalue weighted by Gasteiger charge is -2.22. The van der Waals surface area contributed by atoms with Gasteiger partial charge >= 0.3 is 6.09 Å². The van der Waals surface area contributed by atoms with E-state index < -0.39 is 29.6 Å². The number of hydrogen-bond acceptors (Lipinski definition) is 7. The molecule has 3 amide bonds. The third-order valence-electron chi connectivity index (χ3n) is 4.59. The van der Waals surface area contributed by atoms with E-state index in [4.69, 9.17) is 20.7 Å². The molecule has 1 atom stereocenters. The lowest BCUT2D eigenvalue weighted by Crippen LogP contribution is -2.46. The smallest absolute Gasteiger partial charge is 0.408 e. The second-order valence-electron chi connectivity index (χ2n) is 8.78. The van der Waals surface area contributed by atoms with Gasteiger partial charge in [-0.2, -0.15) is 0 Å². The minimum Gasteiger partial charge on any atom is -0.493 e. The lowest BCUT2D eigenvalue weighted by molar-refractivity contribution is -0.120. The first-order valence-electron chi connectivity index (χ1n) is 11.3. The molecule has 0 aliphatic heterocycles. The summed E-state index contributed by atoms with van der Waals surface area (Å²) >= 11 is 0. The van der Waals surface area contributed by atoms with E-state index in [1.807, 2.05) is 0 Å². The van der Waals surface area contributed by atoms with E-state index in [-0.39, 0.29) is 37.5 Å². The standard InChI is InChI=1S/C23H34N6O6/c1-15(30)16-9-10-19(34-13-7-12-27-29-25)17(14-16)21(32)26-11-6-5-8-18(20(24)31)28-22(33)35-23(2,3)4/h9-10,14,18H,5-8,11-13H2,1-4H3,(H2,24,31)(H,26,32)(H,28,33)/t18-/m0/s1. The summed E-state index contributed by atoms with van der Waals surface area (Å²) in [6, 6.07) is 3.70. The number of ether oxygens (including phenoxy) is 2. The van der Waals surface area contributed by atoms with Gasteiger partial charge in [-0.25, -0.2) is 4.79 Å². The highest BCUT2D eigenvalue weighted by molar-refractivity contribution is 6.01. The number of ketones is 1. The van der Waals surface area contributed by atoms with E-state index >= 15 is 0 Å². The molecule has 192 valence electrons. The molecule has 0 saturated heterocycles. The number of Topliss-reactive ketones (excluding diaryl/α,β-unsaturated/α-hetero) is 1. The lowest BCUT2D eigenvalue weighted by atomic mass is 10.1. The number of benzene rings is 1. The second-order valence-corrected chi connectivity index (χ2v) is 8.78. The Balaban J connectivity index is 2.63. The van der Waals surface area contributed by atoms with E-state index in [9.17, 15) is 19.2 Å². The predicted molar refractivity (Wildman–Crippen MR) is 129 cm³/mol. The molecule has 0 unspecified atom stereocenters. The van der Waals surface area contributed by atoms with Crippen molar-refractivity contribution in [2.24, 2.45) is 10.8 Å². The Morgan fingerprint density at radius 2 is 1.89 bits per heavy atom. The maximum Gasteiger partial charge on any atom is 0.408 e. The number of nitrogens with zero attached hydrogens (tertiary/aromatic N) is 3. The van der Waals surface area contributed by atoms with Crippen LogP contribution < -0.4 is 21.1 Å². The van der Waals surface area contributed by atoms with E-state index in [2.05, 4.69) is 20.7 Å². The van der Waals surface area contributed by atoms with Gasteiger partial charge in [-0.1, -0.05) is 5.11 Å². The van der Waals surface area contributed by atoms with Gasteiger partial charge in [-0.3, -0.25) is 14.4 Å². The van der Waals surface area contributed by atoms with Crippen LogP contribution in [0.4, 0.5) is 4.79 Å². The van der Waals surface area contributed by atoms with E-state index in [1.165, 1.54) is 13.0 Å². The van der Waals surface area contributed by atoms with Crippen molar-refractivity contribution in [3.05, 3.63) is 39.8 Å². The van der Waals surface area contributed by atoms with Crippen LogP contribution in [0.3, 0.4) is 0 Å². The molecular weight excluding hydrogens is 456 g/mol. The summed E-state index contributed by atoms with van der Waals surface area (Å²) in [6.45, 7) is 7.31. The topological polar surface area (TPSA) is 186 Å². The first-order chi connectivity index (χ1) is 16.4. The summed E-state index contributed by atoms with van der Waals surface area (Å²) in [5, 5.41) is 8.65. The molecule has 1 aromatic carbocycles. The van der Waals surface area contributed by atoms with Gasteiger partial charge in [-0.05, 0) is 77.1 Å². The quantitative estimate of drug-likeness (QED) is 0.118. The fourth-order valence-corrected chi connectivity index (χ4v) is 2.92. The monoisotopic (exact) mass is 490 g/mol. The van der Waals surface area contributed by atoms with Crippen molar-refractivity contribution in [3.8, 4) is 5.75 Å². The van der Waals surface area contributed by atoms with Gasteiger partial charge in [-0.15, -0.1) is 0 Å². The molecule has 4 N–H and O–H groups in total. The molecule has 12 heteroatoms. The summed E-state index contributed by atoms with van der Waals surface area (Å²) in [6.07, 6.45) is 1.04. The number of primary amides is 1. The molecule has 12 nitrogen and oxygen atoms in total. The summed E-state index contributed by atoms with van der Waals surface area (Å²) in [4.78, 5) is 50.7. The summed E-state index contributed by atoms with van der Waals surface area (Å²) in [7, 11) is 0. The van der Waals surface area contributed by atoms with Crippen LogP contribution in [0, 0.1) is 0 Å². The van der Waals surface area contributed by atoms with Crippen molar-refractivity contribution in [1.29, 1.82) is 0 Å². The summed E-state index contributed by atoms with van der Waals surface area (Å²) < 4.78 is 10.8. The molecule has 1 aromatic rings. The van der Waals surface area contributed by atoms with Crippen LogP contribution in [0.25, 0.3) is 10.4 Å². The fraction of sp³-hybridized carbons (Fsp3) is 0.565. The number of unbranched alkanes of at least 4 members (excludes halogenated alkanes) is 1. The van der Waals surface area contributed by atoms with Gasteiger partial charge in [0, 0.05) is 23.6 Å². The van der Waals surface area contributed by atoms with Crippen molar-refractivity contribution in [2.75, 3.05) is 19.7 Å². The zero-order valence-corrected chi connectivity index (χ0v) is 20.6. The number of rotatable bonds is 14. The van der Waals surface area contributed by atoms with Crippen molar-refractivity contribution >= 4 is 23.7 Å². The largest absolute Gasteiger partial charge is 0.493 e. The molecule has 0 heterocycles. The summed E-state index contributed by atoms with van der Waals surface area (Å²) in [5.41, 5.74) is 13.6. The first-order valence-corrected chi connectivity index (χ1v) is 11.3. The van der Waals surface area contributed by atoms with Gasteiger partial charge in [0.15, 0.2) is 5.78 Å². The maximum absolute atomic E-state index is 12.7. The van der Waals surface area contributed by atoms with Crippen LogP contribution in [0.1, 0.15) is 74.1 Å². The highest BCUT2D eigenvalue weighted by Gasteiger charge is 2.22. The average molecular weight is 491 g/mol. The Morgan fingerprint density at radius 1 is 1.17 bits per heavy atom. The van der Waals surface area contributed by atoms with Crippen LogP contribution in [-0.4, -0.2) is 55.0 Å². The van der Waals surface area contributed by atoms with Crippen molar-refractivity contribution < 1.29 is 28.7 Å². The third-order valence-corrected chi connectivity index (χ3v) is 4.59. The first kappa shape index (κ1) is 29.2. The molecule has 35 heavy (non-hydrogen) atoms. The number of carbonyl (C=O) groups excluding carboxylic acids is 4. The molecular formula is C23H34N6O6. The fourth-order valence-electron chi connectivity index (χ4n) is 2.92. The Morgan fingerprint density at radius 3 is 2.49 bits per heavy atom. The molecule has 0 radical (unpaired) electrons. The van der Waals surface area contributed by atoms with Crippen molar-refractivity contribution in [2.45, 2.75) is 65.0 Å². The number of azide groups is 1. The molecule has 0 aliphatic carbocycles. The number of hydrogen-bond donors (Lipinski definition) is 3. The molecule has 0 fully saturated rings. The zero-order chi connectivity index (χ0) is 26.4.